The number of para-hydroxylation sites is 1. The molecular formula is C14H19FN2O. The van der Waals surface area contributed by atoms with E-state index in [1.54, 1.807) is 0 Å². The molecule has 0 radical (unpaired) electrons. The number of piperidine rings is 1. The summed E-state index contributed by atoms with van der Waals surface area (Å²) in [6, 6.07) is 9.43. The molecule has 0 aromatic heterocycles. The third-order valence-corrected chi connectivity index (χ3v) is 3.35. The maximum absolute atomic E-state index is 12.5. The van der Waals surface area contributed by atoms with Crippen molar-refractivity contribution in [3.8, 4) is 0 Å². The van der Waals surface area contributed by atoms with Gasteiger partial charge in [-0.15, -0.1) is 0 Å². The van der Waals surface area contributed by atoms with Crippen molar-refractivity contribution in [1.29, 1.82) is 0 Å². The predicted octanol–water partition coefficient (Wildman–Crippen LogP) is 2.31. The Bertz CT molecular complexity index is 375. The molecule has 1 aromatic carbocycles. The number of nitrogens with zero attached hydrogens (tertiary/aromatic N) is 1. The first kappa shape index (κ1) is 13.0. The number of carbonyl (C=O) groups is 1. The van der Waals surface area contributed by atoms with Gasteiger partial charge in [-0.2, -0.15) is 0 Å². The maximum atomic E-state index is 12.5. The summed E-state index contributed by atoms with van der Waals surface area (Å²) in [5.41, 5.74) is 0.821. The van der Waals surface area contributed by atoms with Crippen molar-refractivity contribution in [1.82, 2.24) is 4.90 Å². The minimum absolute atomic E-state index is 0.0000940. The molecule has 1 aliphatic heterocycles. The van der Waals surface area contributed by atoms with Gasteiger partial charge in [-0.05, 0) is 44.0 Å². The maximum Gasteiger partial charge on any atom is 0.238 e. The van der Waals surface area contributed by atoms with Crippen LogP contribution < -0.4 is 5.32 Å². The first-order valence-electron chi connectivity index (χ1n) is 6.41. The Labute approximate surface area is 107 Å². The Hall–Kier alpha value is -1.42. The lowest BCUT2D eigenvalue weighted by Gasteiger charge is -2.29. The van der Waals surface area contributed by atoms with Gasteiger partial charge in [0.15, 0.2) is 0 Å². The van der Waals surface area contributed by atoms with Gasteiger partial charge in [-0.3, -0.25) is 14.1 Å². The molecule has 1 amide bonds. The molecule has 98 valence electrons. The molecule has 1 aromatic rings. The van der Waals surface area contributed by atoms with Crippen LogP contribution in [0.1, 0.15) is 12.8 Å². The molecule has 0 saturated carbocycles. The van der Waals surface area contributed by atoms with E-state index < -0.39 is 0 Å². The van der Waals surface area contributed by atoms with E-state index in [1.807, 2.05) is 30.3 Å². The lowest BCUT2D eigenvalue weighted by atomic mass is 9.98. The van der Waals surface area contributed by atoms with Crippen LogP contribution in [-0.4, -0.2) is 37.1 Å². The molecular weight excluding hydrogens is 231 g/mol. The number of anilines is 1. The van der Waals surface area contributed by atoms with E-state index in [1.165, 1.54) is 0 Å². The summed E-state index contributed by atoms with van der Waals surface area (Å²) in [4.78, 5) is 13.9. The largest absolute Gasteiger partial charge is 0.325 e. The monoisotopic (exact) mass is 250 g/mol. The van der Waals surface area contributed by atoms with E-state index in [4.69, 9.17) is 0 Å². The van der Waals surface area contributed by atoms with Crippen molar-refractivity contribution < 1.29 is 9.18 Å². The lowest BCUT2D eigenvalue weighted by Crippen LogP contribution is -2.39. The van der Waals surface area contributed by atoms with Crippen LogP contribution in [0.4, 0.5) is 10.1 Å². The lowest BCUT2D eigenvalue weighted by molar-refractivity contribution is -0.117. The number of hydrogen-bond donors (Lipinski definition) is 1. The second kappa shape index (κ2) is 6.50. The zero-order valence-electron chi connectivity index (χ0n) is 10.4. The normalized spacial score (nSPS) is 17.6. The van der Waals surface area contributed by atoms with Gasteiger partial charge in [0.2, 0.25) is 5.91 Å². The van der Waals surface area contributed by atoms with Gasteiger partial charge in [0.05, 0.1) is 13.2 Å². The molecule has 1 N–H and O–H groups in total. The minimum Gasteiger partial charge on any atom is -0.325 e. The second-order valence-corrected chi connectivity index (χ2v) is 4.79. The standard InChI is InChI=1S/C14H19FN2O/c15-10-12-6-8-17(9-7-12)11-14(18)16-13-4-2-1-3-5-13/h1-5,12H,6-11H2,(H,16,18). The number of benzene rings is 1. The van der Waals surface area contributed by atoms with Crippen molar-refractivity contribution in [2.24, 2.45) is 5.92 Å². The summed E-state index contributed by atoms with van der Waals surface area (Å²) in [5.74, 6) is 0.193. The highest BCUT2D eigenvalue weighted by Gasteiger charge is 2.20. The summed E-state index contributed by atoms with van der Waals surface area (Å²) >= 11 is 0. The van der Waals surface area contributed by atoms with E-state index in [0.717, 1.165) is 31.6 Å². The molecule has 2 rings (SSSR count). The van der Waals surface area contributed by atoms with Crippen LogP contribution in [0.15, 0.2) is 30.3 Å². The Morgan fingerprint density at radius 1 is 1.28 bits per heavy atom. The molecule has 1 saturated heterocycles. The van der Waals surface area contributed by atoms with Gasteiger partial charge in [-0.1, -0.05) is 18.2 Å². The number of likely N-dealkylation sites (tertiary alicyclic amines) is 1. The van der Waals surface area contributed by atoms with Crippen molar-refractivity contribution in [2.75, 3.05) is 31.6 Å². The predicted molar refractivity (Wildman–Crippen MR) is 70.2 cm³/mol. The molecule has 1 aliphatic rings. The smallest absolute Gasteiger partial charge is 0.238 e. The van der Waals surface area contributed by atoms with Crippen molar-refractivity contribution >= 4 is 11.6 Å². The third-order valence-electron chi connectivity index (χ3n) is 3.35. The molecule has 0 unspecified atom stereocenters. The van der Waals surface area contributed by atoms with Crippen LogP contribution in [0.3, 0.4) is 0 Å². The molecule has 18 heavy (non-hydrogen) atoms. The number of rotatable bonds is 4. The third kappa shape index (κ3) is 3.81. The molecule has 1 heterocycles. The van der Waals surface area contributed by atoms with Crippen molar-refractivity contribution in [2.45, 2.75) is 12.8 Å². The number of amides is 1. The second-order valence-electron chi connectivity index (χ2n) is 4.79. The molecule has 3 nitrogen and oxygen atoms in total. The summed E-state index contributed by atoms with van der Waals surface area (Å²) in [6.07, 6.45) is 1.71. The quantitative estimate of drug-likeness (QED) is 0.889. The fourth-order valence-corrected chi connectivity index (χ4v) is 2.22. The highest BCUT2D eigenvalue weighted by molar-refractivity contribution is 5.92. The Morgan fingerprint density at radius 3 is 2.56 bits per heavy atom. The molecule has 4 heteroatoms. The van der Waals surface area contributed by atoms with Gasteiger partial charge >= 0.3 is 0 Å². The summed E-state index contributed by atoms with van der Waals surface area (Å²) in [7, 11) is 0. The molecule has 0 bridgehead atoms. The topological polar surface area (TPSA) is 32.3 Å². The van der Waals surface area contributed by atoms with Gasteiger partial charge in [0.25, 0.3) is 0 Å². The van der Waals surface area contributed by atoms with Gasteiger partial charge in [0, 0.05) is 5.69 Å². The van der Waals surface area contributed by atoms with Crippen LogP contribution in [-0.2, 0) is 4.79 Å². The fourth-order valence-electron chi connectivity index (χ4n) is 2.22. The number of carbonyl (C=O) groups excluding carboxylic acids is 1. The summed E-state index contributed by atoms with van der Waals surface area (Å²) < 4.78 is 12.5. The van der Waals surface area contributed by atoms with Crippen LogP contribution in [0.25, 0.3) is 0 Å². The highest BCUT2D eigenvalue weighted by Crippen LogP contribution is 2.17. The Balaban J connectivity index is 1.75. The molecule has 1 fully saturated rings. The molecule has 0 atom stereocenters. The minimum atomic E-state index is -0.232. The van der Waals surface area contributed by atoms with E-state index in [0.29, 0.717) is 6.54 Å². The number of hydrogen-bond acceptors (Lipinski definition) is 2. The summed E-state index contributed by atoms with van der Waals surface area (Å²) in [6.45, 7) is 1.80. The first-order valence-corrected chi connectivity index (χ1v) is 6.41. The van der Waals surface area contributed by atoms with E-state index in [9.17, 15) is 9.18 Å². The van der Waals surface area contributed by atoms with Crippen LogP contribution in [0, 0.1) is 5.92 Å². The first-order chi connectivity index (χ1) is 8.78. The Morgan fingerprint density at radius 2 is 1.94 bits per heavy atom. The average Bonchev–Trinajstić information content (AvgIpc) is 2.40. The van der Waals surface area contributed by atoms with Crippen molar-refractivity contribution in [3.63, 3.8) is 0 Å². The van der Waals surface area contributed by atoms with Gasteiger partial charge in [-0.25, -0.2) is 0 Å². The zero-order valence-corrected chi connectivity index (χ0v) is 10.4. The van der Waals surface area contributed by atoms with Crippen molar-refractivity contribution in [3.05, 3.63) is 30.3 Å². The highest BCUT2D eigenvalue weighted by atomic mass is 19.1. The average molecular weight is 250 g/mol. The zero-order chi connectivity index (χ0) is 12.8. The SMILES string of the molecule is O=C(CN1CCC(CF)CC1)Nc1ccccc1. The van der Waals surface area contributed by atoms with Crippen LogP contribution in [0.5, 0.6) is 0 Å². The Kier molecular flexibility index (Phi) is 4.70. The number of nitrogens with one attached hydrogen (secondary N) is 1. The molecule has 0 spiro atoms. The van der Waals surface area contributed by atoms with E-state index in [-0.39, 0.29) is 18.5 Å². The van der Waals surface area contributed by atoms with Gasteiger partial charge < -0.3 is 5.32 Å². The number of halogens is 1. The van der Waals surface area contributed by atoms with E-state index >= 15 is 0 Å². The molecule has 0 aliphatic carbocycles. The van der Waals surface area contributed by atoms with E-state index in [2.05, 4.69) is 10.2 Å². The van der Waals surface area contributed by atoms with Crippen LogP contribution >= 0.6 is 0 Å². The number of alkyl halides is 1. The fraction of sp³-hybridized carbons (Fsp3) is 0.500. The van der Waals surface area contributed by atoms with Crippen LogP contribution in [0.2, 0.25) is 0 Å². The van der Waals surface area contributed by atoms with Gasteiger partial charge in [0.1, 0.15) is 0 Å². The summed E-state index contributed by atoms with van der Waals surface area (Å²) in [5, 5.41) is 2.86.